The fraction of sp³-hybridized carbons (Fsp3) is 0.316. The Kier molecular flexibility index (Phi) is 7.83. The number of guanidine groups is 1. The summed E-state index contributed by atoms with van der Waals surface area (Å²) in [5, 5.41) is 6.59. The van der Waals surface area contributed by atoms with Crippen LogP contribution in [0.4, 0.5) is 0 Å². The molecular formula is C19H24IN3O3. The summed E-state index contributed by atoms with van der Waals surface area (Å²) in [7, 11) is 1.68. The Bertz CT molecular complexity index is 753. The van der Waals surface area contributed by atoms with Crippen molar-refractivity contribution in [2.45, 2.75) is 20.0 Å². The number of methoxy groups -OCH3 is 1. The van der Waals surface area contributed by atoms with Gasteiger partial charge in [0, 0.05) is 18.7 Å². The molecule has 0 amide bonds. The first kappa shape index (κ1) is 20.2. The zero-order valence-electron chi connectivity index (χ0n) is 15.0. The van der Waals surface area contributed by atoms with Gasteiger partial charge >= 0.3 is 0 Å². The minimum atomic E-state index is 0. The van der Waals surface area contributed by atoms with E-state index in [9.17, 15) is 0 Å². The van der Waals surface area contributed by atoms with E-state index in [-0.39, 0.29) is 30.8 Å². The molecule has 0 unspecified atom stereocenters. The Balaban J connectivity index is 0.00000243. The molecule has 6 nitrogen and oxygen atoms in total. The molecule has 0 aliphatic carbocycles. The number of aliphatic imine (C=N–C) groups is 1. The zero-order chi connectivity index (χ0) is 17.5. The summed E-state index contributed by atoms with van der Waals surface area (Å²) in [5.41, 5.74) is 2.15. The zero-order valence-corrected chi connectivity index (χ0v) is 17.3. The average molecular weight is 469 g/mol. The molecule has 1 heterocycles. The Morgan fingerprint density at radius 2 is 1.92 bits per heavy atom. The van der Waals surface area contributed by atoms with Crippen LogP contribution in [0.2, 0.25) is 0 Å². The van der Waals surface area contributed by atoms with Crippen LogP contribution in [0.5, 0.6) is 17.2 Å². The van der Waals surface area contributed by atoms with Gasteiger partial charge in [0.25, 0.3) is 0 Å². The van der Waals surface area contributed by atoms with Crippen LogP contribution in [0.3, 0.4) is 0 Å². The number of para-hydroxylation sites is 1. The van der Waals surface area contributed by atoms with E-state index in [1.807, 2.05) is 49.4 Å². The normalized spacial score (nSPS) is 12.3. The maximum absolute atomic E-state index is 5.41. The van der Waals surface area contributed by atoms with Crippen LogP contribution in [0, 0.1) is 0 Å². The van der Waals surface area contributed by atoms with Gasteiger partial charge in [-0.2, -0.15) is 0 Å². The van der Waals surface area contributed by atoms with Crippen LogP contribution < -0.4 is 24.8 Å². The third-order valence-electron chi connectivity index (χ3n) is 3.84. The van der Waals surface area contributed by atoms with E-state index in [2.05, 4.69) is 15.6 Å². The van der Waals surface area contributed by atoms with Crippen LogP contribution >= 0.6 is 24.0 Å². The van der Waals surface area contributed by atoms with E-state index in [1.54, 1.807) is 7.11 Å². The molecule has 26 heavy (non-hydrogen) atoms. The predicted octanol–water partition coefficient (Wildman–Crippen LogP) is 3.30. The molecule has 0 fully saturated rings. The number of halogens is 1. The molecule has 0 aromatic heterocycles. The largest absolute Gasteiger partial charge is 0.496 e. The van der Waals surface area contributed by atoms with Gasteiger partial charge in [-0.05, 0) is 30.7 Å². The van der Waals surface area contributed by atoms with Crippen molar-refractivity contribution in [2.75, 3.05) is 20.4 Å². The van der Waals surface area contributed by atoms with Gasteiger partial charge in [-0.1, -0.05) is 24.3 Å². The lowest BCUT2D eigenvalue weighted by molar-refractivity contribution is 0.174. The maximum atomic E-state index is 5.41. The molecule has 1 aliphatic heterocycles. The minimum Gasteiger partial charge on any atom is -0.496 e. The number of rotatable bonds is 6. The number of nitrogens with zero attached hydrogens (tertiary/aromatic N) is 1. The van der Waals surface area contributed by atoms with Gasteiger partial charge in [-0.15, -0.1) is 24.0 Å². The monoisotopic (exact) mass is 469 g/mol. The summed E-state index contributed by atoms with van der Waals surface area (Å²) in [6.07, 6.45) is 0. The van der Waals surface area contributed by atoms with Crippen LogP contribution in [-0.2, 0) is 13.1 Å². The lowest BCUT2D eigenvalue weighted by Crippen LogP contribution is -2.36. The van der Waals surface area contributed by atoms with Crippen LogP contribution in [0.25, 0.3) is 0 Å². The molecule has 0 bridgehead atoms. The van der Waals surface area contributed by atoms with Crippen molar-refractivity contribution < 1.29 is 14.2 Å². The Morgan fingerprint density at radius 3 is 2.73 bits per heavy atom. The lowest BCUT2D eigenvalue weighted by Gasteiger charge is -2.13. The van der Waals surface area contributed by atoms with Gasteiger partial charge in [0.1, 0.15) is 5.75 Å². The number of hydrogen-bond donors (Lipinski definition) is 2. The van der Waals surface area contributed by atoms with Gasteiger partial charge < -0.3 is 24.8 Å². The average Bonchev–Trinajstić information content (AvgIpc) is 3.12. The molecule has 140 valence electrons. The van der Waals surface area contributed by atoms with Gasteiger partial charge in [-0.25, -0.2) is 4.99 Å². The Hall–Kier alpha value is -2.16. The quantitative estimate of drug-likeness (QED) is 0.386. The molecular weight excluding hydrogens is 445 g/mol. The molecule has 0 atom stereocenters. The van der Waals surface area contributed by atoms with Crippen molar-refractivity contribution in [3.8, 4) is 17.2 Å². The highest BCUT2D eigenvalue weighted by molar-refractivity contribution is 14.0. The SMILES string of the molecule is CCNC(=NCc1ccc2c(c1)OCO2)NCc1ccccc1OC.I. The minimum absolute atomic E-state index is 0. The van der Waals surface area contributed by atoms with Crippen molar-refractivity contribution in [3.05, 3.63) is 53.6 Å². The van der Waals surface area contributed by atoms with Crippen LogP contribution in [0.1, 0.15) is 18.1 Å². The number of nitrogens with one attached hydrogen (secondary N) is 2. The van der Waals surface area contributed by atoms with Crippen molar-refractivity contribution in [1.29, 1.82) is 0 Å². The smallest absolute Gasteiger partial charge is 0.231 e. The fourth-order valence-electron chi connectivity index (χ4n) is 2.58. The molecule has 1 aliphatic rings. The molecule has 2 aromatic carbocycles. The first-order chi connectivity index (χ1) is 12.3. The molecule has 3 rings (SSSR count). The number of hydrogen-bond acceptors (Lipinski definition) is 4. The second-order valence-corrected chi connectivity index (χ2v) is 5.55. The van der Waals surface area contributed by atoms with Crippen LogP contribution in [-0.4, -0.2) is 26.4 Å². The van der Waals surface area contributed by atoms with Gasteiger partial charge in [-0.3, -0.25) is 0 Å². The van der Waals surface area contributed by atoms with Crippen molar-refractivity contribution in [2.24, 2.45) is 4.99 Å². The van der Waals surface area contributed by atoms with Crippen molar-refractivity contribution in [3.63, 3.8) is 0 Å². The molecule has 0 saturated carbocycles. The Morgan fingerprint density at radius 1 is 1.12 bits per heavy atom. The standard InChI is InChI=1S/C19H23N3O3.HI/c1-3-20-19(22-12-15-6-4-5-7-16(15)23-2)21-11-14-8-9-17-18(10-14)25-13-24-17;/h4-10H,3,11-13H2,1-2H3,(H2,20,21,22);1H. The predicted molar refractivity (Wildman–Crippen MR) is 113 cm³/mol. The maximum Gasteiger partial charge on any atom is 0.231 e. The summed E-state index contributed by atoms with van der Waals surface area (Å²) in [4.78, 5) is 4.64. The van der Waals surface area contributed by atoms with Crippen LogP contribution in [0.15, 0.2) is 47.5 Å². The molecule has 7 heteroatoms. The fourth-order valence-corrected chi connectivity index (χ4v) is 2.58. The van der Waals surface area contributed by atoms with Gasteiger partial charge in [0.15, 0.2) is 17.5 Å². The first-order valence-electron chi connectivity index (χ1n) is 8.32. The summed E-state index contributed by atoms with van der Waals surface area (Å²) in [5.74, 6) is 3.18. The summed E-state index contributed by atoms with van der Waals surface area (Å²) in [6, 6.07) is 13.8. The van der Waals surface area contributed by atoms with E-state index < -0.39 is 0 Å². The van der Waals surface area contributed by atoms with E-state index in [0.717, 1.165) is 40.9 Å². The van der Waals surface area contributed by atoms with Gasteiger partial charge in [0.05, 0.1) is 13.7 Å². The first-order valence-corrected chi connectivity index (χ1v) is 8.32. The molecule has 0 spiro atoms. The van der Waals surface area contributed by atoms with E-state index >= 15 is 0 Å². The summed E-state index contributed by atoms with van der Waals surface area (Å²) < 4.78 is 16.1. The second-order valence-electron chi connectivity index (χ2n) is 5.55. The number of ether oxygens (including phenoxy) is 3. The molecule has 2 aromatic rings. The third-order valence-corrected chi connectivity index (χ3v) is 3.84. The topological polar surface area (TPSA) is 64.1 Å². The molecule has 2 N–H and O–H groups in total. The van der Waals surface area contributed by atoms with Gasteiger partial charge in [0.2, 0.25) is 6.79 Å². The number of benzene rings is 2. The highest BCUT2D eigenvalue weighted by atomic mass is 127. The molecule has 0 radical (unpaired) electrons. The lowest BCUT2D eigenvalue weighted by atomic mass is 10.2. The number of fused-ring (bicyclic) bond motifs is 1. The van der Waals surface area contributed by atoms with E-state index in [1.165, 1.54) is 0 Å². The highest BCUT2D eigenvalue weighted by Gasteiger charge is 2.13. The second kappa shape index (κ2) is 10.1. The van der Waals surface area contributed by atoms with Crippen molar-refractivity contribution >= 4 is 29.9 Å². The third kappa shape index (κ3) is 5.17. The van der Waals surface area contributed by atoms with E-state index in [4.69, 9.17) is 14.2 Å². The molecule has 0 saturated heterocycles. The Labute approximate surface area is 171 Å². The van der Waals surface area contributed by atoms with E-state index in [0.29, 0.717) is 13.1 Å². The summed E-state index contributed by atoms with van der Waals surface area (Å²) in [6.45, 7) is 4.31. The van der Waals surface area contributed by atoms with Crippen molar-refractivity contribution in [1.82, 2.24) is 10.6 Å². The highest BCUT2D eigenvalue weighted by Crippen LogP contribution is 2.32. The summed E-state index contributed by atoms with van der Waals surface area (Å²) >= 11 is 0.